The lowest BCUT2D eigenvalue weighted by Gasteiger charge is -2.34. The zero-order chi connectivity index (χ0) is 17.9. The highest BCUT2D eigenvalue weighted by Crippen LogP contribution is 2.54. The van der Waals surface area contributed by atoms with Crippen molar-refractivity contribution in [2.45, 2.75) is 33.4 Å². The van der Waals surface area contributed by atoms with Crippen LogP contribution < -0.4 is 5.73 Å². The smallest absolute Gasteiger partial charge is 0.408 e. The van der Waals surface area contributed by atoms with Crippen LogP contribution in [0.3, 0.4) is 0 Å². The van der Waals surface area contributed by atoms with Gasteiger partial charge < -0.3 is 10.8 Å². The van der Waals surface area contributed by atoms with Crippen molar-refractivity contribution in [1.29, 1.82) is 0 Å². The maximum absolute atomic E-state index is 11.8. The molecule has 0 saturated heterocycles. The van der Waals surface area contributed by atoms with Gasteiger partial charge in [-0.25, -0.2) is 9.78 Å². The standard InChI is InChI=1S/C17H18N4O2S2/c1-17(2,3)13-11-10(7-21(13)16(22)23)24-14(18)12(11)15-20-8-6-19-5-4-9(8)25-15/h4-6,13H,7,18H2,1-3H3,(H,22,23). The molecule has 130 valence electrons. The van der Waals surface area contributed by atoms with Gasteiger partial charge in [0, 0.05) is 16.6 Å². The summed E-state index contributed by atoms with van der Waals surface area (Å²) in [4.78, 5) is 23.1. The third-order valence-electron chi connectivity index (χ3n) is 4.42. The van der Waals surface area contributed by atoms with Gasteiger partial charge in [-0.2, -0.15) is 0 Å². The molecule has 3 aromatic rings. The van der Waals surface area contributed by atoms with Gasteiger partial charge in [0.15, 0.2) is 0 Å². The lowest BCUT2D eigenvalue weighted by atomic mass is 9.82. The molecule has 1 amide bonds. The lowest BCUT2D eigenvalue weighted by Crippen LogP contribution is -2.35. The Morgan fingerprint density at radius 2 is 2.16 bits per heavy atom. The van der Waals surface area contributed by atoms with Crippen molar-refractivity contribution in [3.8, 4) is 10.6 Å². The van der Waals surface area contributed by atoms with E-state index in [1.165, 1.54) is 16.2 Å². The lowest BCUT2D eigenvalue weighted by molar-refractivity contribution is 0.0903. The number of carboxylic acid groups (broad SMARTS) is 1. The largest absolute Gasteiger partial charge is 0.465 e. The van der Waals surface area contributed by atoms with Crippen LogP contribution in [0.5, 0.6) is 0 Å². The van der Waals surface area contributed by atoms with Crippen LogP contribution in [0.1, 0.15) is 37.3 Å². The second kappa shape index (κ2) is 5.40. The normalized spacial score (nSPS) is 17.2. The summed E-state index contributed by atoms with van der Waals surface area (Å²) in [6, 6.07) is 1.69. The van der Waals surface area contributed by atoms with Gasteiger partial charge in [-0.1, -0.05) is 20.8 Å². The Morgan fingerprint density at radius 3 is 2.80 bits per heavy atom. The number of nitrogen functional groups attached to an aromatic ring is 1. The number of thiophene rings is 1. The molecule has 1 unspecified atom stereocenters. The molecule has 25 heavy (non-hydrogen) atoms. The van der Waals surface area contributed by atoms with Crippen LogP contribution in [-0.2, 0) is 6.54 Å². The van der Waals surface area contributed by atoms with Crippen molar-refractivity contribution in [3.63, 3.8) is 0 Å². The first kappa shape index (κ1) is 16.3. The number of nitrogens with zero attached hydrogens (tertiary/aromatic N) is 3. The van der Waals surface area contributed by atoms with Gasteiger partial charge in [0.1, 0.15) is 10.5 Å². The summed E-state index contributed by atoms with van der Waals surface area (Å²) < 4.78 is 1.05. The predicted octanol–water partition coefficient (Wildman–Crippen LogP) is 4.58. The maximum atomic E-state index is 11.8. The molecule has 0 saturated carbocycles. The highest BCUT2D eigenvalue weighted by Gasteiger charge is 2.45. The Labute approximate surface area is 152 Å². The number of amides is 1. The third kappa shape index (κ3) is 2.47. The van der Waals surface area contributed by atoms with Crippen molar-refractivity contribution in [2.24, 2.45) is 5.41 Å². The zero-order valence-electron chi connectivity index (χ0n) is 14.1. The van der Waals surface area contributed by atoms with E-state index >= 15 is 0 Å². The summed E-state index contributed by atoms with van der Waals surface area (Å²) in [6.07, 6.45) is 2.58. The van der Waals surface area contributed by atoms with Gasteiger partial charge in [0.05, 0.1) is 34.0 Å². The quantitative estimate of drug-likeness (QED) is 0.650. The van der Waals surface area contributed by atoms with E-state index in [1.54, 1.807) is 23.7 Å². The van der Waals surface area contributed by atoms with E-state index in [0.29, 0.717) is 11.5 Å². The first-order chi connectivity index (χ1) is 11.8. The van der Waals surface area contributed by atoms with Crippen molar-refractivity contribution in [2.75, 3.05) is 5.73 Å². The number of hydrogen-bond donors (Lipinski definition) is 2. The Bertz CT molecular complexity index is 953. The Balaban J connectivity index is 1.94. The molecular weight excluding hydrogens is 356 g/mol. The topological polar surface area (TPSA) is 92.3 Å². The van der Waals surface area contributed by atoms with E-state index in [0.717, 1.165) is 31.2 Å². The average Bonchev–Trinajstić information content (AvgIpc) is 3.15. The predicted molar refractivity (Wildman–Crippen MR) is 101 cm³/mol. The molecule has 4 heterocycles. The highest BCUT2D eigenvalue weighted by atomic mass is 32.1. The molecular formula is C17H18N4O2S2. The van der Waals surface area contributed by atoms with Crippen LogP contribution in [0.15, 0.2) is 18.5 Å². The Kier molecular flexibility index (Phi) is 3.52. The van der Waals surface area contributed by atoms with Crippen molar-refractivity contribution >= 4 is 44.0 Å². The monoisotopic (exact) mass is 374 g/mol. The van der Waals surface area contributed by atoms with Crippen LogP contribution in [0, 0.1) is 5.41 Å². The summed E-state index contributed by atoms with van der Waals surface area (Å²) in [5, 5.41) is 11.2. The molecule has 0 radical (unpaired) electrons. The van der Waals surface area contributed by atoms with E-state index in [2.05, 4.69) is 25.8 Å². The Hall–Kier alpha value is -2.19. The molecule has 0 aliphatic carbocycles. The molecule has 1 atom stereocenters. The number of pyridine rings is 1. The van der Waals surface area contributed by atoms with Crippen LogP contribution in [-0.4, -0.2) is 26.1 Å². The number of fused-ring (bicyclic) bond motifs is 2. The van der Waals surface area contributed by atoms with Gasteiger partial charge >= 0.3 is 6.09 Å². The van der Waals surface area contributed by atoms with Gasteiger partial charge in [-0.05, 0) is 11.5 Å². The Morgan fingerprint density at radius 1 is 1.40 bits per heavy atom. The number of thiazole rings is 1. The number of anilines is 1. The number of rotatable bonds is 1. The van der Waals surface area contributed by atoms with Gasteiger partial charge in [0.25, 0.3) is 0 Å². The number of hydrogen-bond acceptors (Lipinski definition) is 6. The zero-order valence-corrected chi connectivity index (χ0v) is 15.7. The van der Waals surface area contributed by atoms with E-state index in [-0.39, 0.29) is 11.5 Å². The molecule has 1 aliphatic rings. The van der Waals surface area contributed by atoms with Crippen molar-refractivity contribution in [1.82, 2.24) is 14.9 Å². The fourth-order valence-corrected chi connectivity index (χ4v) is 5.68. The molecule has 0 bridgehead atoms. The molecule has 1 aliphatic heterocycles. The molecule has 6 nitrogen and oxygen atoms in total. The summed E-state index contributed by atoms with van der Waals surface area (Å²) in [5.74, 6) is 0. The molecule has 8 heteroatoms. The van der Waals surface area contributed by atoms with E-state index in [4.69, 9.17) is 10.7 Å². The summed E-state index contributed by atoms with van der Waals surface area (Å²) in [7, 11) is 0. The number of aromatic nitrogens is 2. The van der Waals surface area contributed by atoms with Crippen molar-refractivity contribution in [3.05, 3.63) is 28.9 Å². The molecule has 3 N–H and O–H groups in total. The fraction of sp³-hybridized carbons (Fsp3) is 0.353. The number of nitrogens with two attached hydrogens (primary N) is 1. The molecule has 3 aromatic heterocycles. The van der Waals surface area contributed by atoms with E-state index < -0.39 is 6.09 Å². The first-order valence-corrected chi connectivity index (χ1v) is 9.52. The van der Waals surface area contributed by atoms with Gasteiger partial charge in [-0.15, -0.1) is 22.7 Å². The molecule has 0 spiro atoms. The minimum Gasteiger partial charge on any atom is -0.465 e. The van der Waals surface area contributed by atoms with Gasteiger partial charge in [0.2, 0.25) is 0 Å². The SMILES string of the molecule is CC(C)(C)C1c2c(sc(N)c2-c2nc3cnccc3s2)CN1C(=O)O. The van der Waals surface area contributed by atoms with Crippen LogP contribution >= 0.6 is 22.7 Å². The minimum absolute atomic E-state index is 0.242. The van der Waals surface area contributed by atoms with E-state index in [1.807, 2.05) is 6.07 Å². The third-order valence-corrected chi connectivity index (χ3v) is 6.49. The molecule has 0 aromatic carbocycles. The number of carbonyl (C=O) groups is 1. The second-order valence-electron chi connectivity index (χ2n) is 7.22. The van der Waals surface area contributed by atoms with Crippen LogP contribution in [0.25, 0.3) is 20.8 Å². The summed E-state index contributed by atoms with van der Waals surface area (Å²) in [5.41, 5.74) is 8.84. The van der Waals surface area contributed by atoms with Gasteiger partial charge in [-0.3, -0.25) is 9.88 Å². The van der Waals surface area contributed by atoms with E-state index in [9.17, 15) is 9.90 Å². The maximum Gasteiger partial charge on any atom is 0.408 e. The fourth-order valence-electron chi connectivity index (χ4n) is 3.51. The summed E-state index contributed by atoms with van der Waals surface area (Å²) >= 11 is 3.04. The highest BCUT2D eigenvalue weighted by molar-refractivity contribution is 7.22. The van der Waals surface area contributed by atoms with Crippen LogP contribution in [0.2, 0.25) is 0 Å². The van der Waals surface area contributed by atoms with Crippen molar-refractivity contribution < 1.29 is 9.90 Å². The first-order valence-electron chi connectivity index (χ1n) is 7.89. The molecule has 4 rings (SSSR count). The average molecular weight is 374 g/mol. The minimum atomic E-state index is -0.902. The second-order valence-corrected chi connectivity index (χ2v) is 9.39. The summed E-state index contributed by atoms with van der Waals surface area (Å²) in [6.45, 7) is 6.56. The van der Waals surface area contributed by atoms with Crippen LogP contribution in [0.4, 0.5) is 9.80 Å². The molecule has 0 fully saturated rings.